The Morgan fingerprint density at radius 2 is 1.83 bits per heavy atom. The number of benzene rings is 2. The number of nitrogens with zero attached hydrogens (tertiary/aromatic N) is 2. The van der Waals surface area contributed by atoms with E-state index in [0.29, 0.717) is 17.7 Å². The molecular weight excluding hydrogens is 393 g/mol. The summed E-state index contributed by atoms with van der Waals surface area (Å²) in [7, 11) is 0. The predicted molar refractivity (Wildman–Crippen MR) is 106 cm³/mol. The van der Waals surface area contributed by atoms with Gasteiger partial charge in [0.25, 0.3) is 0 Å². The summed E-state index contributed by atoms with van der Waals surface area (Å²) in [5.41, 5.74) is 1.50. The average molecular weight is 416 g/mol. The minimum atomic E-state index is -0.678. The van der Waals surface area contributed by atoms with Crippen LogP contribution in [0.4, 0.5) is 13.2 Å². The fraction of sp³-hybridized carbons (Fsp3) is 0.391. The van der Waals surface area contributed by atoms with Gasteiger partial charge in [-0.05, 0) is 31.0 Å². The van der Waals surface area contributed by atoms with Gasteiger partial charge in [-0.1, -0.05) is 36.2 Å². The summed E-state index contributed by atoms with van der Waals surface area (Å²) in [6.45, 7) is 0.269. The molecule has 4 rings (SSSR count). The van der Waals surface area contributed by atoms with E-state index in [2.05, 4.69) is 5.16 Å². The summed E-state index contributed by atoms with van der Waals surface area (Å²) in [6.07, 6.45) is 3.65. The van der Waals surface area contributed by atoms with E-state index < -0.39 is 17.7 Å². The van der Waals surface area contributed by atoms with Crippen molar-refractivity contribution in [1.82, 2.24) is 4.90 Å². The maximum Gasteiger partial charge on any atom is 0.226 e. The molecule has 0 unspecified atom stereocenters. The van der Waals surface area contributed by atoms with Crippen LogP contribution in [0.25, 0.3) is 0 Å². The van der Waals surface area contributed by atoms with E-state index in [1.54, 1.807) is 17.0 Å². The van der Waals surface area contributed by atoms with Gasteiger partial charge >= 0.3 is 0 Å². The minimum Gasteiger partial charge on any atom is -0.390 e. The normalized spacial score (nSPS) is 18.9. The van der Waals surface area contributed by atoms with E-state index in [4.69, 9.17) is 4.84 Å². The molecule has 0 N–H and O–H groups in total. The SMILES string of the molecule is O=C(C1CCCC1)N(Cc1ccc(F)cc1F)C[C@@H]1CC(c2cccc(F)c2)=NO1. The number of carbonyl (C=O) groups excluding carboxylic acids is 1. The fourth-order valence-corrected chi connectivity index (χ4v) is 4.13. The van der Waals surface area contributed by atoms with Crippen LogP contribution in [0.5, 0.6) is 0 Å². The van der Waals surface area contributed by atoms with Crippen LogP contribution < -0.4 is 0 Å². The third-order valence-electron chi connectivity index (χ3n) is 5.71. The maximum atomic E-state index is 14.2. The summed E-state index contributed by atoms with van der Waals surface area (Å²) in [5, 5.41) is 4.06. The highest BCUT2D eigenvalue weighted by Crippen LogP contribution is 2.28. The average Bonchev–Trinajstić information content (AvgIpc) is 3.41. The Hall–Kier alpha value is -2.83. The van der Waals surface area contributed by atoms with Crippen LogP contribution in [0.15, 0.2) is 47.6 Å². The number of halogens is 3. The molecule has 1 aliphatic carbocycles. The van der Waals surface area contributed by atoms with Gasteiger partial charge in [-0.3, -0.25) is 4.79 Å². The van der Waals surface area contributed by atoms with Crippen molar-refractivity contribution < 1.29 is 22.8 Å². The van der Waals surface area contributed by atoms with E-state index in [-0.39, 0.29) is 36.3 Å². The summed E-state index contributed by atoms with van der Waals surface area (Å²) < 4.78 is 41.0. The number of amides is 1. The highest BCUT2D eigenvalue weighted by atomic mass is 19.1. The highest BCUT2D eigenvalue weighted by molar-refractivity contribution is 6.01. The third-order valence-corrected chi connectivity index (χ3v) is 5.71. The van der Waals surface area contributed by atoms with Crippen LogP contribution in [0.2, 0.25) is 0 Å². The first-order valence-electron chi connectivity index (χ1n) is 10.2. The van der Waals surface area contributed by atoms with Gasteiger partial charge in [0, 0.05) is 36.1 Å². The van der Waals surface area contributed by atoms with Crippen molar-refractivity contribution in [3.63, 3.8) is 0 Å². The Bertz CT molecular complexity index is 957. The second-order valence-electron chi connectivity index (χ2n) is 7.92. The lowest BCUT2D eigenvalue weighted by atomic mass is 10.0. The zero-order valence-electron chi connectivity index (χ0n) is 16.5. The third kappa shape index (κ3) is 4.66. The standard InChI is InChI=1S/C23H23F3N2O2/c24-18-7-3-6-16(10-18)22-12-20(30-27-22)14-28(23(29)15-4-1-2-5-15)13-17-8-9-19(25)11-21(17)26/h3,6-11,15,20H,1-2,4-5,12-14H2/t20-/m0/s1. The van der Waals surface area contributed by atoms with Crippen molar-refractivity contribution in [2.45, 2.75) is 44.8 Å². The molecular formula is C23H23F3N2O2. The molecule has 2 aliphatic rings. The molecule has 30 heavy (non-hydrogen) atoms. The molecule has 0 bridgehead atoms. The topological polar surface area (TPSA) is 41.9 Å². The van der Waals surface area contributed by atoms with E-state index in [1.165, 1.54) is 24.3 Å². The van der Waals surface area contributed by atoms with Crippen molar-refractivity contribution in [2.75, 3.05) is 6.54 Å². The molecule has 2 aromatic carbocycles. The number of hydrogen-bond acceptors (Lipinski definition) is 3. The van der Waals surface area contributed by atoms with Crippen molar-refractivity contribution in [3.8, 4) is 0 Å². The Morgan fingerprint density at radius 1 is 1.07 bits per heavy atom. The number of oxime groups is 1. The van der Waals surface area contributed by atoms with Crippen LogP contribution in [-0.2, 0) is 16.2 Å². The van der Waals surface area contributed by atoms with Gasteiger partial charge in [-0.25, -0.2) is 13.2 Å². The second kappa shape index (κ2) is 8.90. The number of hydrogen-bond donors (Lipinski definition) is 0. The molecule has 7 heteroatoms. The zero-order chi connectivity index (χ0) is 21.1. The monoisotopic (exact) mass is 416 g/mol. The van der Waals surface area contributed by atoms with Crippen molar-refractivity contribution in [3.05, 3.63) is 71.0 Å². The fourth-order valence-electron chi connectivity index (χ4n) is 4.13. The molecule has 0 spiro atoms. The van der Waals surface area contributed by atoms with Crippen LogP contribution >= 0.6 is 0 Å². The Morgan fingerprint density at radius 3 is 2.57 bits per heavy atom. The molecule has 2 aromatic rings. The van der Waals surface area contributed by atoms with E-state index in [1.807, 2.05) is 0 Å². The summed E-state index contributed by atoms with van der Waals surface area (Å²) in [4.78, 5) is 20.2. The van der Waals surface area contributed by atoms with Crippen LogP contribution in [0.3, 0.4) is 0 Å². The van der Waals surface area contributed by atoms with Gasteiger partial charge in [0.05, 0.1) is 12.3 Å². The van der Waals surface area contributed by atoms with Gasteiger partial charge in [-0.15, -0.1) is 0 Å². The Balaban J connectivity index is 1.48. The highest BCUT2D eigenvalue weighted by Gasteiger charge is 2.32. The lowest BCUT2D eigenvalue weighted by Gasteiger charge is -2.27. The molecule has 1 saturated carbocycles. The molecule has 4 nitrogen and oxygen atoms in total. The molecule has 1 fully saturated rings. The van der Waals surface area contributed by atoms with Gasteiger partial charge in [0.15, 0.2) is 6.10 Å². The first kappa shape index (κ1) is 20.4. The summed E-state index contributed by atoms with van der Waals surface area (Å²) in [5.74, 6) is -1.82. The van der Waals surface area contributed by atoms with Gasteiger partial charge in [0.1, 0.15) is 17.5 Å². The largest absolute Gasteiger partial charge is 0.390 e. The Kier molecular flexibility index (Phi) is 6.06. The minimum absolute atomic E-state index is 0.0383. The molecule has 1 aliphatic heterocycles. The molecule has 1 amide bonds. The molecule has 0 saturated heterocycles. The molecule has 0 aromatic heterocycles. The number of rotatable bonds is 6. The lowest BCUT2D eigenvalue weighted by Crippen LogP contribution is -2.40. The van der Waals surface area contributed by atoms with Crippen LogP contribution in [0.1, 0.15) is 43.2 Å². The van der Waals surface area contributed by atoms with Gasteiger partial charge in [0.2, 0.25) is 5.91 Å². The maximum absolute atomic E-state index is 14.2. The summed E-state index contributed by atoms with van der Waals surface area (Å²) in [6, 6.07) is 9.48. The quantitative estimate of drug-likeness (QED) is 0.678. The van der Waals surface area contributed by atoms with Crippen molar-refractivity contribution in [1.29, 1.82) is 0 Å². The molecule has 1 heterocycles. The number of carbonyl (C=O) groups is 1. The first-order valence-corrected chi connectivity index (χ1v) is 10.2. The van der Waals surface area contributed by atoms with Crippen LogP contribution in [-0.4, -0.2) is 29.2 Å². The first-order chi connectivity index (χ1) is 14.5. The van der Waals surface area contributed by atoms with Crippen LogP contribution in [0, 0.1) is 23.4 Å². The second-order valence-corrected chi connectivity index (χ2v) is 7.92. The van der Waals surface area contributed by atoms with E-state index in [0.717, 1.165) is 31.7 Å². The molecule has 0 radical (unpaired) electrons. The molecule has 158 valence electrons. The summed E-state index contributed by atoms with van der Waals surface area (Å²) >= 11 is 0. The van der Waals surface area contributed by atoms with E-state index >= 15 is 0 Å². The smallest absolute Gasteiger partial charge is 0.226 e. The van der Waals surface area contributed by atoms with Crippen molar-refractivity contribution in [2.24, 2.45) is 11.1 Å². The molecule has 1 atom stereocenters. The zero-order valence-corrected chi connectivity index (χ0v) is 16.5. The Labute approximate surface area is 173 Å². The van der Waals surface area contributed by atoms with Gasteiger partial charge < -0.3 is 9.74 Å². The predicted octanol–water partition coefficient (Wildman–Crippen LogP) is 4.82. The van der Waals surface area contributed by atoms with Gasteiger partial charge in [-0.2, -0.15) is 0 Å². The lowest BCUT2D eigenvalue weighted by molar-refractivity contribution is -0.137. The van der Waals surface area contributed by atoms with E-state index in [9.17, 15) is 18.0 Å². The van der Waals surface area contributed by atoms with Crippen molar-refractivity contribution >= 4 is 11.6 Å².